The standard InChI is InChI=1S/C22H21F3N4O3S/c1-31-14-6-4-13(5-7-14)21-27-28-22(29(21)11-15-3-2-10-32-15)33-12-18(30)26-17-9-8-16(23)19(24)20(17)25/h4-9,15H,2-3,10-12H2,1H3,(H,26,30). The average molecular weight is 478 g/mol. The van der Waals surface area contributed by atoms with Gasteiger partial charge in [0.25, 0.3) is 0 Å². The van der Waals surface area contributed by atoms with Crippen LogP contribution in [0.15, 0.2) is 41.6 Å². The smallest absolute Gasteiger partial charge is 0.234 e. The predicted octanol–water partition coefficient (Wildman–Crippen LogP) is 4.28. The minimum Gasteiger partial charge on any atom is -0.497 e. The van der Waals surface area contributed by atoms with E-state index in [4.69, 9.17) is 9.47 Å². The van der Waals surface area contributed by atoms with Gasteiger partial charge < -0.3 is 14.8 Å². The molecule has 1 aliphatic rings. The third-order valence-electron chi connectivity index (χ3n) is 5.12. The second-order valence-electron chi connectivity index (χ2n) is 7.34. The predicted molar refractivity (Wildman–Crippen MR) is 117 cm³/mol. The van der Waals surface area contributed by atoms with Crippen molar-refractivity contribution >= 4 is 23.4 Å². The molecule has 0 spiro atoms. The van der Waals surface area contributed by atoms with E-state index in [-0.39, 0.29) is 11.9 Å². The number of hydrogen-bond donors (Lipinski definition) is 1. The van der Waals surface area contributed by atoms with Crippen LogP contribution in [0.25, 0.3) is 11.4 Å². The molecular weight excluding hydrogens is 457 g/mol. The second kappa shape index (κ2) is 10.3. The van der Waals surface area contributed by atoms with Gasteiger partial charge in [0.2, 0.25) is 5.91 Å². The number of nitrogens with one attached hydrogen (secondary N) is 1. The molecular formula is C22H21F3N4O3S. The lowest BCUT2D eigenvalue weighted by atomic mass is 10.2. The molecule has 2 heterocycles. The molecule has 1 N–H and O–H groups in total. The highest BCUT2D eigenvalue weighted by molar-refractivity contribution is 7.99. The van der Waals surface area contributed by atoms with Crippen molar-refractivity contribution in [2.45, 2.75) is 30.6 Å². The van der Waals surface area contributed by atoms with Crippen LogP contribution < -0.4 is 10.1 Å². The third kappa shape index (κ3) is 5.31. The van der Waals surface area contributed by atoms with Crippen LogP contribution in [-0.2, 0) is 16.1 Å². The van der Waals surface area contributed by atoms with Crippen LogP contribution in [0, 0.1) is 17.5 Å². The van der Waals surface area contributed by atoms with Gasteiger partial charge in [-0.15, -0.1) is 10.2 Å². The Balaban J connectivity index is 1.51. The van der Waals surface area contributed by atoms with Gasteiger partial charge >= 0.3 is 0 Å². The number of anilines is 1. The summed E-state index contributed by atoms with van der Waals surface area (Å²) in [6.45, 7) is 1.20. The van der Waals surface area contributed by atoms with E-state index in [0.29, 0.717) is 29.9 Å². The molecule has 11 heteroatoms. The van der Waals surface area contributed by atoms with E-state index in [9.17, 15) is 18.0 Å². The number of carbonyl (C=O) groups is 1. The van der Waals surface area contributed by atoms with Crippen molar-refractivity contribution in [3.05, 3.63) is 53.8 Å². The number of ether oxygens (including phenoxy) is 2. The number of hydrogen-bond acceptors (Lipinski definition) is 6. The Bertz CT molecular complexity index is 1130. The normalized spacial score (nSPS) is 15.6. The lowest BCUT2D eigenvalue weighted by molar-refractivity contribution is -0.113. The Hall–Kier alpha value is -3.05. The fourth-order valence-electron chi connectivity index (χ4n) is 3.44. The molecule has 2 aromatic carbocycles. The van der Waals surface area contributed by atoms with Gasteiger partial charge in [0.05, 0.1) is 31.2 Å². The largest absolute Gasteiger partial charge is 0.497 e. The highest BCUT2D eigenvalue weighted by Crippen LogP contribution is 2.28. The van der Waals surface area contributed by atoms with Crippen LogP contribution in [0.5, 0.6) is 5.75 Å². The van der Waals surface area contributed by atoms with Crippen molar-refractivity contribution in [2.24, 2.45) is 0 Å². The highest BCUT2D eigenvalue weighted by atomic mass is 32.2. The Labute approximate surface area is 192 Å². The fourth-order valence-corrected chi connectivity index (χ4v) is 4.19. The molecule has 3 aromatic rings. The van der Waals surface area contributed by atoms with E-state index in [1.807, 2.05) is 28.8 Å². The molecule has 174 valence electrons. The summed E-state index contributed by atoms with van der Waals surface area (Å²) < 4.78 is 53.2. The van der Waals surface area contributed by atoms with E-state index >= 15 is 0 Å². The summed E-state index contributed by atoms with van der Waals surface area (Å²) in [4.78, 5) is 12.3. The summed E-state index contributed by atoms with van der Waals surface area (Å²) >= 11 is 1.10. The SMILES string of the molecule is COc1ccc(-c2nnc(SCC(=O)Nc3ccc(F)c(F)c3F)n2CC2CCCO2)cc1. The molecule has 1 amide bonds. The molecule has 1 fully saturated rings. The van der Waals surface area contributed by atoms with Gasteiger partial charge in [-0.2, -0.15) is 0 Å². The first-order chi connectivity index (χ1) is 16.0. The van der Waals surface area contributed by atoms with E-state index in [2.05, 4.69) is 15.5 Å². The maximum atomic E-state index is 13.8. The Morgan fingerprint density at radius 3 is 2.67 bits per heavy atom. The van der Waals surface area contributed by atoms with Gasteiger partial charge in [-0.1, -0.05) is 11.8 Å². The highest BCUT2D eigenvalue weighted by Gasteiger charge is 2.23. The van der Waals surface area contributed by atoms with Crippen molar-refractivity contribution in [1.29, 1.82) is 0 Å². The number of aromatic nitrogens is 3. The summed E-state index contributed by atoms with van der Waals surface area (Å²) in [6, 6.07) is 9.08. The zero-order chi connectivity index (χ0) is 23.4. The molecule has 1 unspecified atom stereocenters. The number of rotatable bonds is 8. The first-order valence-electron chi connectivity index (χ1n) is 10.2. The zero-order valence-electron chi connectivity index (χ0n) is 17.7. The lowest BCUT2D eigenvalue weighted by Crippen LogP contribution is -2.18. The summed E-state index contributed by atoms with van der Waals surface area (Å²) in [7, 11) is 1.58. The Morgan fingerprint density at radius 2 is 1.97 bits per heavy atom. The zero-order valence-corrected chi connectivity index (χ0v) is 18.5. The monoisotopic (exact) mass is 478 g/mol. The van der Waals surface area contributed by atoms with E-state index in [1.165, 1.54) is 0 Å². The van der Waals surface area contributed by atoms with E-state index < -0.39 is 29.0 Å². The number of amides is 1. The Kier molecular flexibility index (Phi) is 7.19. The first-order valence-corrected chi connectivity index (χ1v) is 11.2. The molecule has 0 saturated carbocycles. The minimum atomic E-state index is -1.64. The third-order valence-corrected chi connectivity index (χ3v) is 6.08. The van der Waals surface area contributed by atoms with Crippen molar-refractivity contribution in [3.8, 4) is 17.1 Å². The molecule has 0 aliphatic carbocycles. The van der Waals surface area contributed by atoms with Gasteiger partial charge in [-0.05, 0) is 49.2 Å². The number of carbonyl (C=O) groups excluding carboxylic acids is 1. The van der Waals surface area contributed by atoms with Crippen LogP contribution >= 0.6 is 11.8 Å². The van der Waals surface area contributed by atoms with Gasteiger partial charge in [0, 0.05) is 12.2 Å². The quantitative estimate of drug-likeness (QED) is 0.385. The van der Waals surface area contributed by atoms with Crippen molar-refractivity contribution < 1.29 is 27.4 Å². The molecule has 1 aliphatic heterocycles. The van der Waals surface area contributed by atoms with Crippen molar-refractivity contribution in [2.75, 3.05) is 24.8 Å². The van der Waals surface area contributed by atoms with Crippen LogP contribution in [0.2, 0.25) is 0 Å². The fraction of sp³-hybridized carbons (Fsp3) is 0.318. The van der Waals surface area contributed by atoms with Crippen LogP contribution in [0.1, 0.15) is 12.8 Å². The molecule has 1 aromatic heterocycles. The minimum absolute atomic E-state index is 0.00228. The summed E-state index contributed by atoms with van der Waals surface area (Å²) in [5, 5.41) is 11.3. The Morgan fingerprint density at radius 1 is 1.18 bits per heavy atom. The van der Waals surface area contributed by atoms with E-state index in [0.717, 1.165) is 42.3 Å². The molecule has 7 nitrogen and oxygen atoms in total. The molecule has 33 heavy (non-hydrogen) atoms. The van der Waals surface area contributed by atoms with Crippen LogP contribution in [-0.4, -0.2) is 46.2 Å². The van der Waals surface area contributed by atoms with Gasteiger partial charge in [0.1, 0.15) is 5.75 Å². The molecule has 4 rings (SSSR count). The summed E-state index contributed by atoms with van der Waals surface area (Å²) in [5.41, 5.74) is 0.390. The van der Waals surface area contributed by atoms with Crippen LogP contribution in [0.3, 0.4) is 0 Å². The maximum Gasteiger partial charge on any atom is 0.234 e. The second-order valence-corrected chi connectivity index (χ2v) is 8.28. The average Bonchev–Trinajstić information content (AvgIpc) is 3.48. The topological polar surface area (TPSA) is 78.3 Å². The molecule has 1 saturated heterocycles. The number of nitrogens with zero attached hydrogens (tertiary/aromatic N) is 3. The lowest BCUT2D eigenvalue weighted by Gasteiger charge is -2.15. The maximum absolute atomic E-state index is 13.8. The number of benzene rings is 2. The van der Waals surface area contributed by atoms with Crippen molar-refractivity contribution in [1.82, 2.24) is 14.8 Å². The van der Waals surface area contributed by atoms with Gasteiger partial charge in [-0.3, -0.25) is 9.36 Å². The first kappa shape index (κ1) is 23.1. The van der Waals surface area contributed by atoms with Crippen LogP contribution in [0.4, 0.5) is 18.9 Å². The summed E-state index contributed by atoms with van der Waals surface area (Å²) in [5.74, 6) is -3.82. The van der Waals surface area contributed by atoms with Gasteiger partial charge in [0.15, 0.2) is 28.4 Å². The number of thioether (sulfide) groups is 1. The summed E-state index contributed by atoms with van der Waals surface area (Å²) in [6.07, 6.45) is 1.87. The van der Waals surface area contributed by atoms with E-state index in [1.54, 1.807) is 7.11 Å². The number of methoxy groups -OCH3 is 1. The molecule has 1 atom stereocenters. The molecule has 0 bridgehead atoms. The van der Waals surface area contributed by atoms with Gasteiger partial charge in [-0.25, -0.2) is 13.2 Å². The number of halogens is 3. The molecule has 0 radical (unpaired) electrons. The van der Waals surface area contributed by atoms with Crippen molar-refractivity contribution in [3.63, 3.8) is 0 Å².